The third-order valence-corrected chi connectivity index (χ3v) is 8.13. The van der Waals surface area contributed by atoms with Gasteiger partial charge in [0, 0.05) is 63.2 Å². The van der Waals surface area contributed by atoms with Crippen LogP contribution in [0.2, 0.25) is 0 Å². The predicted molar refractivity (Wildman–Crippen MR) is 182 cm³/mol. The highest BCUT2D eigenvalue weighted by Gasteiger charge is 2.17. The zero-order chi connectivity index (χ0) is 29.3. The molecule has 4 nitrogen and oxygen atoms in total. The maximum atomic E-state index is 4.73. The van der Waals surface area contributed by atoms with Crippen molar-refractivity contribution in [3.05, 3.63) is 170 Å². The molecule has 0 saturated heterocycles. The van der Waals surface area contributed by atoms with E-state index in [1.54, 1.807) is 0 Å². The molecule has 8 aromatic rings. The van der Waals surface area contributed by atoms with Gasteiger partial charge in [0.05, 0.1) is 16.7 Å². The van der Waals surface area contributed by atoms with E-state index in [1.807, 2.05) is 36.8 Å². The van der Waals surface area contributed by atoms with Gasteiger partial charge >= 0.3 is 0 Å². The molecule has 0 fully saturated rings. The van der Waals surface area contributed by atoms with Crippen LogP contribution in [0.1, 0.15) is 0 Å². The van der Waals surface area contributed by atoms with E-state index in [9.17, 15) is 0 Å². The van der Waals surface area contributed by atoms with Gasteiger partial charge in [-0.05, 0) is 72.3 Å². The minimum absolute atomic E-state index is 0.974. The molecule has 0 aliphatic rings. The Morgan fingerprint density at radius 3 is 1.75 bits per heavy atom. The van der Waals surface area contributed by atoms with Gasteiger partial charge in [0.15, 0.2) is 0 Å². The van der Waals surface area contributed by atoms with Crippen LogP contribution in [0.4, 0.5) is 17.1 Å². The smallest absolute Gasteiger partial charge is 0.0702 e. The van der Waals surface area contributed by atoms with Crippen molar-refractivity contribution in [2.24, 2.45) is 0 Å². The molecule has 0 saturated carbocycles. The summed E-state index contributed by atoms with van der Waals surface area (Å²) in [5.41, 5.74) is 11.0. The predicted octanol–water partition coefficient (Wildman–Crippen LogP) is 10.4. The van der Waals surface area contributed by atoms with Crippen LogP contribution in [-0.4, -0.2) is 14.5 Å². The minimum atomic E-state index is 0.974. The summed E-state index contributed by atoms with van der Waals surface area (Å²) in [7, 11) is 0. The average molecular weight is 565 g/mol. The molecule has 0 unspecified atom stereocenters. The van der Waals surface area contributed by atoms with Crippen LogP contribution >= 0.6 is 0 Å². The number of rotatable bonds is 6. The van der Waals surface area contributed by atoms with Crippen LogP contribution in [0.5, 0.6) is 0 Å². The molecule has 0 bridgehead atoms. The summed E-state index contributed by atoms with van der Waals surface area (Å²) in [4.78, 5) is 11.5. The van der Waals surface area contributed by atoms with Crippen LogP contribution in [0.15, 0.2) is 170 Å². The van der Waals surface area contributed by atoms with Crippen LogP contribution < -0.4 is 4.90 Å². The van der Waals surface area contributed by atoms with Crippen molar-refractivity contribution in [2.75, 3.05) is 4.90 Å². The highest BCUT2D eigenvalue weighted by atomic mass is 15.1. The zero-order valence-electron chi connectivity index (χ0n) is 24.0. The molecule has 0 atom stereocenters. The summed E-state index contributed by atoms with van der Waals surface area (Å²) >= 11 is 0. The van der Waals surface area contributed by atoms with E-state index in [2.05, 4.69) is 148 Å². The van der Waals surface area contributed by atoms with Crippen LogP contribution in [0.25, 0.3) is 49.9 Å². The number of hydrogen-bond donors (Lipinski definition) is 0. The van der Waals surface area contributed by atoms with E-state index in [0.29, 0.717) is 0 Å². The molecule has 0 aliphatic carbocycles. The topological polar surface area (TPSA) is 34.0 Å². The maximum Gasteiger partial charge on any atom is 0.0702 e. The van der Waals surface area contributed by atoms with Crippen molar-refractivity contribution in [2.45, 2.75) is 0 Å². The number of para-hydroxylation sites is 2. The van der Waals surface area contributed by atoms with Gasteiger partial charge in [-0.2, -0.15) is 0 Å². The van der Waals surface area contributed by atoms with Gasteiger partial charge in [-0.3, -0.25) is 9.97 Å². The molecule has 8 rings (SSSR count). The van der Waals surface area contributed by atoms with Crippen molar-refractivity contribution in [1.29, 1.82) is 0 Å². The number of hydrogen-bond acceptors (Lipinski definition) is 3. The molecule has 0 aliphatic heterocycles. The quantitative estimate of drug-likeness (QED) is 0.201. The molecule has 0 amide bonds. The van der Waals surface area contributed by atoms with Gasteiger partial charge in [-0.25, -0.2) is 0 Å². The van der Waals surface area contributed by atoms with Crippen LogP contribution in [0, 0.1) is 0 Å². The van der Waals surface area contributed by atoms with E-state index in [4.69, 9.17) is 4.98 Å². The molecular weight excluding hydrogens is 536 g/mol. The first-order valence-electron chi connectivity index (χ1n) is 14.7. The molecule has 3 heterocycles. The minimum Gasteiger partial charge on any atom is -0.310 e. The first-order chi connectivity index (χ1) is 21.8. The van der Waals surface area contributed by atoms with Gasteiger partial charge in [0.2, 0.25) is 0 Å². The highest BCUT2D eigenvalue weighted by Crippen LogP contribution is 2.39. The molecule has 44 heavy (non-hydrogen) atoms. The molecule has 0 N–H and O–H groups in total. The van der Waals surface area contributed by atoms with Crippen molar-refractivity contribution in [1.82, 2.24) is 14.5 Å². The molecule has 3 aromatic heterocycles. The lowest BCUT2D eigenvalue weighted by Crippen LogP contribution is -2.09. The molecular formula is C40H28N4. The van der Waals surface area contributed by atoms with Gasteiger partial charge in [0.1, 0.15) is 0 Å². The van der Waals surface area contributed by atoms with E-state index < -0.39 is 0 Å². The number of anilines is 3. The SMILES string of the molecule is c1ccc(-c2ccc(-c3ccc(-n4c5ccncc5c5cc(N(c6ccccc6)c6ccccc6)ccc54)cc3)cn2)cc1. The Morgan fingerprint density at radius 1 is 0.455 bits per heavy atom. The number of fused-ring (bicyclic) bond motifs is 3. The zero-order valence-corrected chi connectivity index (χ0v) is 24.0. The number of aromatic nitrogens is 3. The third-order valence-electron chi connectivity index (χ3n) is 8.13. The molecule has 208 valence electrons. The van der Waals surface area contributed by atoms with Gasteiger partial charge < -0.3 is 9.47 Å². The summed E-state index contributed by atoms with van der Waals surface area (Å²) in [6, 6.07) is 53.1. The average Bonchev–Trinajstić information content (AvgIpc) is 3.44. The standard InChI is InChI=1S/C40H28N4/c1-4-10-30(11-5-1)38-22-18-31(27-42-38)29-16-19-34(20-17-29)44-39-23-21-35(26-36(39)37-28-41-25-24-40(37)44)43(32-12-6-2-7-13-32)33-14-8-3-9-15-33/h1-28H. The third kappa shape index (κ3) is 4.59. The number of benzene rings is 5. The van der Waals surface area contributed by atoms with Gasteiger partial charge in [0.25, 0.3) is 0 Å². The van der Waals surface area contributed by atoms with E-state index in [1.165, 1.54) is 0 Å². The molecule has 0 radical (unpaired) electrons. The van der Waals surface area contributed by atoms with Crippen molar-refractivity contribution in [3.63, 3.8) is 0 Å². The van der Waals surface area contributed by atoms with Gasteiger partial charge in [-0.1, -0.05) is 84.9 Å². The van der Waals surface area contributed by atoms with Crippen molar-refractivity contribution >= 4 is 38.9 Å². The fourth-order valence-corrected chi connectivity index (χ4v) is 6.02. The van der Waals surface area contributed by atoms with Crippen molar-refractivity contribution in [3.8, 4) is 28.1 Å². The molecule has 4 heteroatoms. The second kappa shape index (κ2) is 11.0. The monoisotopic (exact) mass is 564 g/mol. The fraction of sp³-hybridized carbons (Fsp3) is 0. The molecule has 5 aromatic carbocycles. The normalized spacial score (nSPS) is 11.2. The summed E-state index contributed by atoms with van der Waals surface area (Å²) in [5.74, 6) is 0. The highest BCUT2D eigenvalue weighted by molar-refractivity contribution is 6.10. The van der Waals surface area contributed by atoms with E-state index in [-0.39, 0.29) is 0 Å². The Balaban J connectivity index is 1.20. The lowest BCUT2D eigenvalue weighted by atomic mass is 10.1. The second-order valence-electron chi connectivity index (χ2n) is 10.8. The number of pyridine rings is 2. The lowest BCUT2D eigenvalue weighted by molar-refractivity contribution is 1.17. The number of nitrogens with zero attached hydrogens (tertiary/aromatic N) is 4. The summed E-state index contributed by atoms with van der Waals surface area (Å²) in [6.45, 7) is 0. The van der Waals surface area contributed by atoms with E-state index >= 15 is 0 Å². The van der Waals surface area contributed by atoms with Gasteiger partial charge in [-0.15, -0.1) is 0 Å². The maximum absolute atomic E-state index is 4.73. The Morgan fingerprint density at radius 2 is 1.09 bits per heavy atom. The van der Waals surface area contributed by atoms with Crippen LogP contribution in [-0.2, 0) is 0 Å². The summed E-state index contributed by atoms with van der Waals surface area (Å²) in [6.07, 6.45) is 5.80. The Bertz CT molecular complexity index is 2150. The first kappa shape index (κ1) is 25.7. The van der Waals surface area contributed by atoms with Crippen molar-refractivity contribution < 1.29 is 0 Å². The second-order valence-corrected chi connectivity index (χ2v) is 10.8. The van der Waals surface area contributed by atoms with Crippen LogP contribution in [0.3, 0.4) is 0 Å². The Hall–Kier alpha value is -6.00. The fourth-order valence-electron chi connectivity index (χ4n) is 6.02. The largest absolute Gasteiger partial charge is 0.310 e. The summed E-state index contributed by atoms with van der Waals surface area (Å²) < 4.78 is 2.33. The summed E-state index contributed by atoms with van der Waals surface area (Å²) in [5, 5.41) is 2.28. The lowest BCUT2D eigenvalue weighted by Gasteiger charge is -2.25. The first-order valence-corrected chi connectivity index (χ1v) is 14.7. The Labute approximate surface area is 256 Å². The molecule has 0 spiro atoms. The van der Waals surface area contributed by atoms with E-state index in [0.717, 1.165) is 66.9 Å². The Kier molecular flexibility index (Phi) is 6.43.